The molecule has 0 saturated carbocycles. The van der Waals surface area contributed by atoms with E-state index in [1.54, 1.807) is 23.5 Å². The highest BCUT2D eigenvalue weighted by Gasteiger charge is 2.24. The van der Waals surface area contributed by atoms with Gasteiger partial charge in [0.1, 0.15) is 5.75 Å². The lowest BCUT2D eigenvalue weighted by Crippen LogP contribution is -2.31. The fraction of sp³-hybridized carbons (Fsp3) is 0.357. The van der Waals surface area contributed by atoms with Crippen LogP contribution in [0.1, 0.15) is 25.8 Å². The Morgan fingerprint density at radius 2 is 2.17 bits per heavy atom. The summed E-state index contributed by atoms with van der Waals surface area (Å²) in [5, 5.41) is 12.7. The molecule has 0 saturated heterocycles. The summed E-state index contributed by atoms with van der Waals surface area (Å²) in [6.07, 6.45) is 1.50. The molecule has 2 rings (SSSR count). The fourth-order valence-corrected chi connectivity index (χ4v) is 2.81. The number of thiophene rings is 1. The molecule has 1 aromatic heterocycles. The van der Waals surface area contributed by atoms with Crippen molar-refractivity contribution in [2.24, 2.45) is 11.1 Å². The van der Waals surface area contributed by atoms with Gasteiger partial charge in [0.05, 0.1) is 0 Å². The van der Waals surface area contributed by atoms with Crippen LogP contribution in [0.3, 0.4) is 0 Å². The Kier molecular flexibility index (Phi) is 3.30. The second-order valence-corrected chi connectivity index (χ2v) is 6.10. The molecular formula is C14H17NO2S. The van der Waals surface area contributed by atoms with E-state index in [-0.39, 0.29) is 11.7 Å². The smallest absolute Gasteiger partial charge is 0.223 e. The Balaban J connectivity index is 2.22. The number of aromatic hydroxyl groups is 1. The number of phenols is 1. The Bertz CT molecular complexity index is 586. The molecule has 0 aliphatic rings. The van der Waals surface area contributed by atoms with Gasteiger partial charge in [-0.25, -0.2) is 0 Å². The first-order chi connectivity index (χ1) is 8.40. The molecule has 96 valence electrons. The predicted octanol–water partition coefficient (Wildman–Crippen LogP) is 3.05. The fourth-order valence-electron chi connectivity index (χ4n) is 1.83. The van der Waals surface area contributed by atoms with E-state index in [9.17, 15) is 9.90 Å². The number of rotatable bonds is 4. The van der Waals surface area contributed by atoms with Gasteiger partial charge in [-0.05, 0) is 47.4 Å². The first-order valence-corrected chi connectivity index (χ1v) is 6.77. The van der Waals surface area contributed by atoms with Crippen LogP contribution in [0.15, 0.2) is 23.6 Å². The maximum Gasteiger partial charge on any atom is 0.223 e. The molecule has 3 N–H and O–H groups in total. The molecule has 1 aromatic carbocycles. The summed E-state index contributed by atoms with van der Waals surface area (Å²) in [5.74, 6) is 0.00111. The first kappa shape index (κ1) is 12.9. The van der Waals surface area contributed by atoms with Crippen LogP contribution in [0.2, 0.25) is 0 Å². The summed E-state index contributed by atoms with van der Waals surface area (Å²) < 4.78 is 1.15. The summed E-state index contributed by atoms with van der Waals surface area (Å²) in [7, 11) is 0. The largest absolute Gasteiger partial charge is 0.508 e. The SMILES string of the molecule is CC(C)(CCc1csc2ccc(O)cc12)C(N)=O. The monoisotopic (exact) mass is 263 g/mol. The summed E-state index contributed by atoms with van der Waals surface area (Å²) in [4.78, 5) is 11.3. The lowest BCUT2D eigenvalue weighted by Gasteiger charge is -2.19. The van der Waals surface area contributed by atoms with Gasteiger partial charge in [-0.2, -0.15) is 0 Å². The molecule has 0 radical (unpaired) electrons. The Morgan fingerprint density at radius 3 is 2.83 bits per heavy atom. The quantitative estimate of drug-likeness (QED) is 0.890. The van der Waals surface area contributed by atoms with Crippen molar-refractivity contribution in [3.8, 4) is 5.75 Å². The number of carbonyl (C=O) groups excluding carboxylic acids is 1. The zero-order valence-electron chi connectivity index (χ0n) is 10.6. The number of primary amides is 1. The third-order valence-corrected chi connectivity index (χ3v) is 4.34. The van der Waals surface area contributed by atoms with Crippen molar-refractivity contribution in [1.29, 1.82) is 0 Å². The van der Waals surface area contributed by atoms with Crippen LogP contribution in [-0.2, 0) is 11.2 Å². The van der Waals surface area contributed by atoms with Crippen molar-refractivity contribution in [2.75, 3.05) is 0 Å². The molecule has 3 nitrogen and oxygen atoms in total. The minimum atomic E-state index is -0.495. The lowest BCUT2D eigenvalue weighted by molar-refractivity contribution is -0.126. The average Bonchev–Trinajstić information content (AvgIpc) is 2.68. The van der Waals surface area contributed by atoms with Gasteiger partial charge in [0.15, 0.2) is 0 Å². The third-order valence-electron chi connectivity index (χ3n) is 3.32. The summed E-state index contributed by atoms with van der Waals surface area (Å²) in [5.41, 5.74) is 6.04. The Hall–Kier alpha value is -1.55. The van der Waals surface area contributed by atoms with Gasteiger partial charge in [0.2, 0.25) is 5.91 Å². The summed E-state index contributed by atoms with van der Waals surface area (Å²) in [6, 6.07) is 5.38. The van der Waals surface area contributed by atoms with Gasteiger partial charge >= 0.3 is 0 Å². The van der Waals surface area contributed by atoms with E-state index >= 15 is 0 Å². The number of carbonyl (C=O) groups is 1. The predicted molar refractivity (Wildman–Crippen MR) is 74.8 cm³/mol. The van der Waals surface area contributed by atoms with Crippen LogP contribution in [0.5, 0.6) is 5.75 Å². The zero-order valence-corrected chi connectivity index (χ0v) is 11.4. The highest BCUT2D eigenvalue weighted by Crippen LogP contribution is 2.32. The molecule has 0 fully saturated rings. The zero-order chi connectivity index (χ0) is 13.3. The molecule has 4 heteroatoms. The van der Waals surface area contributed by atoms with Crippen LogP contribution in [0, 0.1) is 5.41 Å². The number of fused-ring (bicyclic) bond motifs is 1. The highest BCUT2D eigenvalue weighted by molar-refractivity contribution is 7.17. The van der Waals surface area contributed by atoms with E-state index in [0.29, 0.717) is 6.42 Å². The third kappa shape index (κ3) is 2.48. The number of hydrogen-bond donors (Lipinski definition) is 2. The molecule has 0 unspecified atom stereocenters. The van der Waals surface area contributed by atoms with Crippen LogP contribution in [-0.4, -0.2) is 11.0 Å². The first-order valence-electron chi connectivity index (χ1n) is 5.89. The molecular weight excluding hydrogens is 246 g/mol. The van der Waals surface area contributed by atoms with Crippen molar-refractivity contribution in [2.45, 2.75) is 26.7 Å². The molecule has 18 heavy (non-hydrogen) atoms. The molecule has 1 amide bonds. The van der Waals surface area contributed by atoms with Gasteiger partial charge in [-0.3, -0.25) is 4.79 Å². The van der Waals surface area contributed by atoms with Gasteiger partial charge in [0.25, 0.3) is 0 Å². The maximum absolute atomic E-state index is 11.3. The summed E-state index contributed by atoms with van der Waals surface area (Å²) in [6.45, 7) is 3.72. The molecule has 1 heterocycles. The highest BCUT2D eigenvalue weighted by atomic mass is 32.1. The van der Waals surface area contributed by atoms with E-state index in [1.807, 2.05) is 19.9 Å². The standard InChI is InChI=1S/C14H17NO2S/c1-14(2,13(15)17)6-5-9-8-18-12-4-3-10(16)7-11(9)12/h3-4,7-8,16H,5-6H2,1-2H3,(H2,15,17). The molecule has 0 aliphatic carbocycles. The van der Waals surface area contributed by atoms with Crippen LogP contribution >= 0.6 is 11.3 Å². The van der Waals surface area contributed by atoms with Crippen LogP contribution in [0.25, 0.3) is 10.1 Å². The van der Waals surface area contributed by atoms with E-state index in [0.717, 1.165) is 16.5 Å². The van der Waals surface area contributed by atoms with Gasteiger partial charge in [-0.15, -0.1) is 11.3 Å². The molecule has 0 atom stereocenters. The number of hydrogen-bond acceptors (Lipinski definition) is 3. The Morgan fingerprint density at radius 1 is 1.44 bits per heavy atom. The Labute approximate surface area is 110 Å². The van der Waals surface area contributed by atoms with Crippen molar-refractivity contribution >= 4 is 27.3 Å². The number of amides is 1. The number of benzene rings is 1. The second-order valence-electron chi connectivity index (χ2n) is 5.19. The number of nitrogens with two attached hydrogens (primary N) is 1. The van der Waals surface area contributed by atoms with Crippen molar-refractivity contribution in [3.05, 3.63) is 29.1 Å². The van der Waals surface area contributed by atoms with Crippen molar-refractivity contribution < 1.29 is 9.90 Å². The maximum atomic E-state index is 11.3. The molecule has 0 spiro atoms. The van der Waals surface area contributed by atoms with Gasteiger partial charge in [0, 0.05) is 10.1 Å². The second kappa shape index (κ2) is 4.61. The number of aryl methyl sites for hydroxylation is 1. The van der Waals surface area contributed by atoms with Crippen LogP contribution in [0.4, 0.5) is 0 Å². The average molecular weight is 263 g/mol. The van der Waals surface area contributed by atoms with Crippen molar-refractivity contribution in [1.82, 2.24) is 0 Å². The van der Waals surface area contributed by atoms with Gasteiger partial charge < -0.3 is 10.8 Å². The minimum absolute atomic E-state index is 0.273. The number of phenolic OH excluding ortho intramolecular Hbond substituents is 1. The van der Waals surface area contributed by atoms with E-state index in [1.165, 1.54) is 5.56 Å². The molecule has 2 aromatic rings. The van der Waals surface area contributed by atoms with E-state index in [4.69, 9.17) is 5.73 Å². The summed E-state index contributed by atoms with van der Waals surface area (Å²) >= 11 is 1.65. The topological polar surface area (TPSA) is 63.3 Å². The minimum Gasteiger partial charge on any atom is -0.508 e. The normalized spacial score (nSPS) is 11.9. The van der Waals surface area contributed by atoms with Crippen molar-refractivity contribution in [3.63, 3.8) is 0 Å². The van der Waals surface area contributed by atoms with E-state index < -0.39 is 5.41 Å². The molecule has 0 aliphatic heterocycles. The van der Waals surface area contributed by atoms with Gasteiger partial charge in [-0.1, -0.05) is 13.8 Å². The molecule has 0 bridgehead atoms. The van der Waals surface area contributed by atoms with E-state index in [2.05, 4.69) is 5.38 Å². The lowest BCUT2D eigenvalue weighted by atomic mass is 9.85. The van der Waals surface area contributed by atoms with Crippen LogP contribution < -0.4 is 5.73 Å².